The Bertz CT molecular complexity index is 1360. The van der Waals surface area contributed by atoms with Crippen LogP contribution in [0.3, 0.4) is 0 Å². The van der Waals surface area contributed by atoms with Crippen molar-refractivity contribution < 1.29 is 13.9 Å². The van der Waals surface area contributed by atoms with Gasteiger partial charge in [0.05, 0.1) is 7.11 Å². The van der Waals surface area contributed by atoms with Gasteiger partial charge in [-0.25, -0.2) is 9.18 Å². The number of aromatic amines is 3. The number of halogens is 2. The fourth-order valence-corrected chi connectivity index (χ4v) is 4.13. The third-order valence-corrected chi connectivity index (χ3v) is 5.69. The maximum absolute atomic E-state index is 14.0. The van der Waals surface area contributed by atoms with Crippen LogP contribution in [0.1, 0.15) is 21.7 Å². The van der Waals surface area contributed by atoms with Crippen LogP contribution in [-0.2, 0) is 11.2 Å². The zero-order chi connectivity index (χ0) is 20.8. The highest BCUT2D eigenvalue weighted by Crippen LogP contribution is 2.41. The summed E-state index contributed by atoms with van der Waals surface area (Å²) >= 11 is 6.18. The molecule has 3 aromatic heterocycles. The Labute approximate surface area is 176 Å². The van der Waals surface area contributed by atoms with Crippen molar-refractivity contribution in [3.8, 4) is 22.3 Å². The maximum Gasteiger partial charge on any atom is 0.355 e. The number of rotatable bonds is 3. The normalized spacial score (nSPS) is 13.2. The average Bonchev–Trinajstić information content (AvgIpc) is 3.42. The molecule has 0 saturated heterocycles. The highest BCUT2D eigenvalue weighted by atomic mass is 35.5. The second-order valence-electron chi connectivity index (χ2n) is 7.06. The van der Waals surface area contributed by atoms with Gasteiger partial charge in [-0.05, 0) is 42.3 Å². The lowest BCUT2D eigenvalue weighted by Crippen LogP contribution is -2.04. The number of esters is 1. The van der Waals surface area contributed by atoms with Crippen molar-refractivity contribution in [2.45, 2.75) is 6.42 Å². The van der Waals surface area contributed by atoms with E-state index < -0.39 is 5.97 Å². The zero-order valence-electron chi connectivity index (χ0n) is 16.0. The van der Waals surface area contributed by atoms with Gasteiger partial charge in [0.2, 0.25) is 0 Å². The fourth-order valence-electron chi connectivity index (χ4n) is 3.99. The number of aromatic nitrogens is 3. The Morgan fingerprint density at radius 1 is 1.07 bits per heavy atom. The molecule has 3 N–H and O–H groups in total. The maximum atomic E-state index is 14.0. The molecule has 0 spiro atoms. The van der Waals surface area contributed by atoms with Crippen molar-refractivity contribution >= 4 is 34.5 Å². The molecule has 0 atom stereocenters. The van der Waals surface area contributed by atoms with Gasteiger partial charge in [0.15, 0.2) is 0 Å². The minimum absolute atomic E-state index is 0.325. The minimum atomic E-state index is -0.477. The number of carbonyl (C=O) groups excluding carboxylic acids is 1. The molecule has 150 valence electrons. The molecule has 5 rings (SSSR count). The van der Waals surface area contributed by atoms with E-state index in [-0.39, 0.29) is 5.82 Å². The van der Waals surface area contributed by atoms with Crippen LogP contribution in [0.4, 0.5) is 4.39 Å². The SMILES string of the molecule is COC(=O)c1[nH]cc(-c2c[nH]c3ccc(F)cc23)c1-c1c[nH]c2c1CC=C(Cl)C=C2. The monoisotopic (exact) mass is 421 g/mol. The number of benzene rings is 1. The molecule has 0 fully saturated rings. The first-order chi connectivity index (χ1) is 14.6. The summed E-state index contributed by atoms with van der Waals surface area (Å²) in [4.78, 5) is 22.0. The second-order valence-corrected chi connectivity index (χ2v) is 7.49. The van der Waals surface area contributed by atoms with E-state index in [1.54, 1.807) is 12.3 Å². The number of hydrogen-bond acceptors (Lipinski definition) is 2. The first-order valence-electron chi connectivity index (χ1n) is 9.38. The second kappa shape index (κ2) is 7.07. The van der Waals surface area contributed by atoms with E-state index >= 15 is 0 Å². The number of hydrogen-bond donors (Lipinski definition) is 3. The molecular weight excluding hydrogens is 405 g/mol. The highest BCUT2D eigenvalue weighted by Gasteiger charge is 2.25. The molecule has 0 aliphatic heterocycles. The Morgan fingerprint density at radius 3 is 2.70 bits per heavy atom. The third-order valence-electron chi connectivity index (χ3n) is 5.41. The van der Waals surface area contributed by atoms with Crippen LogP contribution in [0.25, 0.3) is 39.2 Å². The van der Waals surface area contributed by atoms with Crippen molar-refractivity contribution in [2.24, 2.45) is 0 Å². The van der Waals surface area contributed by atoms with E-state index in [9.17, 15) is 9.18 Å². The summed E-state index contributed by atoms with van der Waals surface area (Å²) in [5.41, 5.74) is 6.20. The Kier molecular flexibility index (Phi) is 4.37. The summed E-state index contributed by atoms with van der Waals surface area (Å²) in [6, 6.07) is 4.59. The predicted octanol–water partition coefficient (Wildman–Crippen LogP) is 5.78. The largest absolute Gasteiger partial charge is 0.464 e. The number of allylic oxidation sites excluding steroid dienone is 3. The van der Waals surface area contributed by atoms with Crippen LogP contribution >= 0.6 is 11.6 Å². The lowest BCUT2D eigenvalue weighted by atomic mass is 9.94. The number of ether oxygens (including phenoxy) is 1. The van der Waals surface area contributed by atoms with Gasteiger partial charge >= 0.3 is 5.97 Å². The molecule has 3 heterocycles. The van der Waals surface area contributed by atoms with Crippen molar-refractivity contribution in [3.63, 3.8) is 0 Å². The molecule has 5 nitrogen and oxygen atoms in total. The Morgan fingerprint density at radius 2 is 1.87 bits per heavy atom. The molecule has 7 heteroatoms. The zero-order valence-corrected chi connectivity index (χ0v) is 16.7. The smallest absolute Gasteiger partial charge is 0.355 e. The average molecular weight is 422 g/mol. The molecule has 0 unspecified atom stereocenters. The van der Waals surface area contributed by atoms with E-state index in [2.05, 4.69) is 15.0 Å². The van der Waals surface area contributed by atoms with Crippen LogP contribution in [0.2, 0.25) is 0 Å². The number of nitrogens with one attached hydrogen (secondary N) is 3. The molecule has 1 aliphatic carbocycles. The van der Waals surface area contributed by atoms with Gasteiger partial charge in [0.25, 0.3) is 0 Å². The molecule has 1 aliphatic rings. The summed E-state index contributed by atoms with van der Waals surface area (Å²) in [6.07, 6.45) is 11.7. The fraction of sp³-hybridized carbons (Fsp3) is 0.0870. The number of H-pyrrole nitrogens is 3. The van der Waals surface area contributed by atoms with Crippen LogP contribution in [0, 0.1) is 5.82 Å². The number of carbonyl (C=O) groups is 1. The molecule has 0 amide bonds. The van der Waals surface area contributed by atoms with Gasteiger partial charge in [-0.15, -0.1) is 0 Å². The minimum Gasteiger partial charge on any atom is -0.464 e. The van der Waals surface area contributed by atoms with Crippen molar-refractivity contribution in [1.29, 1.82) is 0 Å². The summed E-state index contributed by atoms with van der Waals surface area (Å²) < 4.78 is 19.0. The summed E-state index contributed by atoms with van der Waals surface area (Å²) in [5, 5.41) is 1.39. The molecule has 4 aromatic rings. The van der Waals surface area contributed by atoms with Gasteiger partial charge in [-0.3, -0.25) is 0 Å². The number of fused-ring (bicyclic) bond motifs is 2. The van der Waals surface area contributed by atoms with E-state index in [1.807, 2.05) is 30.6 Å². The predicted molar refractivity (Wildman–Crippen MR) is 116 cm³/mol. The van der Waals surface area contributed by atoms with E-state index in [0.29, 0.717) is 22.7 Å². The summed E-state index contributed by atoms with van der Waals surface area (Å²) in [5.74, 6) is -0.802. The molecule has 30 heavy (non-hydrogen) atoms. The summed E-state index contributed by atoms with van der Waals surface area (Å²) in [6.45, 7) is 0. The van der Waals surface area contributed by atoms with Crippen molar-refractivity contribution in [2.75, 3.05) is 7.11 Å². The first-order valence-corrected chi connectivity index (χ1v) is 9.75. The van der Waals surface area contributed by atoms with Gasteiger partial charge in [-0.1, -0.05) is 17.7 Å². The Balaban J connectivity index is 1.78. The standard InChI is InChI=1S/C23H17ClFN3O2/c1-30-23(29)22-21(17-10-27-19-6-3-12(24)2-5-14(17)19)18(11-28-22)16-9-26-20-7-4-13(25)8-15(16)20/h2-4,6-11,26-28H,5H2,1H3. The summed E-state index contributed by atoms with van der Waals surface area (Å²) in [7, 11) is 1.34. The Hall–Kier alpha value is -3.51. The molecule has 0 bridgehead atoms. The van der Waals surface area contributed by atoms with Crippen LogP contribution in [0.15, 0.2) is 54.0 Å². The molecule has 0 radical (unpaired) electrons. The van der Waals surface area contributed by atoms with E-state index in [0.717, 1.165) is 38.9 Å². The highest BCUT2D eigenvalue weighted by molar-refractivity contribution is 6.31. The van der Waals surface area contributed by atoms with E-state index in [1.165, 1.54) is 19.2 Å². The van der Waals surface area contributed by atoms with Crippen LogP contribution in [0.5, 0.6) is 0 Å². The van der Waals surface area contributed by atoms with Gasteiger partial charge in [-0.2, -0.15) is 0 Å². The van der Waals surface area contributed by atoms with Crippen molar-refractivity contribution in [3.05, 3.63) is 76.7 Å². The lowest BCUT2D eigenvalue weighted by molar-refractivity contribution is 0.0595. The van der Waals surface area contributed by atoms with Crippen LogP contribution < -0.4 is 0 Å². The quantitative estimate of drug-likeness (QED) is 0.367. The van der Waals surface area contributed by atoms with Gasteiger partial charge in [0, 0.05) is 62.5 Å². The molecule has 0 saturated carbocycles. The van der Waals surface area contributed by atoms with Crippen molar-refractivity contribution in [1.82, 2.24) is 15.0 Å². The molecule has 1 aromatic carbocycles. The number of methoxy groups -OCH3 is 1. The molecular formula is C23H17ClFN3O2. The van der Waals surface area contributed by atoms with Gasteiger partial charge in [0.1, 0.15) is 11.5 Å². The van der Waals surface area contributed by atoms with Crippen LogP contribution in [-0.4, -0.2) is 28.0 Å². The first kappa shape index (κ1) is 18.5. The van der Waals surface area contributed by atoms with Gasteiger partial charge < -0.3 is 19.7 Å². The van der Waals surface area contributed by atoms with E-state index in [4.69, 9.17) is 16.3 Å². The third kappa shape index (κ3) is 2.88. The topological polar surface area (TPSA) is 73.7 Å². The lowest BCUT2D eigenvalue weighted by Gasteiger charge is -2.08.